The third-order valence-electron chi connectivity index (χ3n) is 3.11. The van der Waals surface area contributed by atoms with Gasteiger partial charge in [0.05, 0.1) is 11.4 Å². The normalized spacial score (nSPS) is 16.5. The summed E-state index contributed by atoms with van der Waals surface area (Å²) in [7, 11) is 0. The summed E-state index contributed by atoms with van der Waals surface area (Å²) in [5, 5.41) is 0.259. The Morgan fingerprint density at radius 1 is 1.29 bits per heavy atom. The van der Waals surface area contributed by atoms with Gasteiger partial charge in [-0.2, -0.15) is 0 Å². The zero-order valence-electron chi connectivity index (χ0n) is 10.1. The lowest BCUT2D eigenvalue weighted by Crippen LogP contribution is -2.35. The number of anilines is 1. The Hall–Kier alpha value is -1.36. The molecule has 1 heterocycles. The van der Waals surface area contributed by atoms with Crippen LogP contribution in [0.25, 0.3) is 0 Å². The largest absolute Gasteiger partial charge is 0.279 e. The summed E-state index contributed by atoms with van der Waals surface area (Å²) in [5.74, 6) is 0.348. The number of hydrazine groups is 1. The number of carbonyl (C=O) groups is 1. The van der Waals surface area contributed by atoms with Crippen LogP contribution < -0.4 is 10.9 Å². The lowest BCUT2D eigenvalue weighted by molar-refractivity contribution is -0.125. The minimum Gasteiger partial charge on any atom is -0.279 e. The smallest absolute Gasteiger partial charge is 0.244 e. The molecule has 1 aliphatic rings. The highest BCUT2D eigenvalue weighted by Crippen LogP contribution is 2.44. The van der Waals surface area contributed by atoms with Crippen molar-refractivity contribution in [3.8, 4) is 0 Å². The SMILES string of the molecule is Cc1nc(Cl)c(NNC(=O)C2(C)CC2)nc1C. The first-order chi connectivity index (χ1) is 7.92. The van der Waals surface area contributed by atoms with Crippen LogP contribution in [0.3, 0.4) is 0 Å². The summed E-state index contributed by atoms with van der Waals surface area (Å²) in [6.07, 6.45) is 1.85. The van der Waals surface area contributed by atoms with Crippen molar-refractivity contribution >= 4 is 23.3 Å². The Bertz CT molecular complexity index is 471. The van der Waals surface area contributed by atoms with Crippen LogP contribution in [0.5, 0.6) is 0 Å². The van der Waals surface area contributed by atoms with Gasteiger partial charge in [0.2, 0.25) is 5.91 Å². The fourth-order valence-corrected chi connectivity index (χ4v) is 1.55. The molecule has 1 fully saturated rings. The molecule has 0 bridgehead atoms. The molecule has 1 amide bonds. The molecule has 1 aromatic rings. The third-order valence-corrected chi connectivity index (χ3v) is 3.37. The number of nitrogens with zero attached hydrogens (tertiary/aromatic N) is 2. The quantitative estimate of drug-likeness (QED) is 0.810. The molecular weight excluding hydrogens is 240 g/mol. The van der Waals surface area contributed by atoms with Gasteiger partial charge in [-0.15, -0.1) is 0 Å². The van der Waals surface area contributed by atoms with Gasteiger partial charge in [0, 0.05) is 5.41 Å². The summed E-state index contributed by atoms with van der Waals surface area (Å²) in [6, 6.07) is 0. The van der Waals surface area contributed by atoms with Crippen LogP contribution in [0.4, 0.5) is 5.82 Å². The van der Waals surface area contributed by atoms with Crippen LogP contribution in [0.1, 0.15) is 31.2 Å². The summed E-state index contributed by atoms with van der Waals surface area (Å²) >= 11 is 5.93. The highest BCUT2D eigenvalue weighted by atomic mass is 35.5. The molecule has 0 aliphatic heterocycles. The maximum Gasteiger partial charge on any atom is 0.244 e. The number of nitrogens with one attached hydrogen (secondary N) is 2. The van der Waals surface area contributed by atoms with Gasteiger partial charge in [-0.3, -0.25) is 15.6 Å². The molecule has 2 rings (SSSR count). The average molecular weight is 255 g/mol. The van der Waals surface area contributed by atoms with E-state index in [1.54, 1.807) is 0 Å². The van der Waals surface area contributed by atoms with Crippen molar-refractivity contribution in [2.45, 2.75) is 33.6 Å². The second-order valence-corrected chi connectivity index (χ2v) is 5.03. The van der Waals surface area contributed by atoms with Crippen LogP contribution in [0.15, 0.2) is 0 Å². The Labute approximate surface area is 105 Å². The van der Waals surface area contributed by atoms with Gasteiger partial charge in [-0.1, -0.05) is 18.5 Å². The van der Waals surface area contributed by atoms with Gasteiger partial charge in [0.1, 0.15) is 0 Å². The van der Waals surface area contributed by atoms with E-state index in [2.05, 4.69) is 20.8 Å². The number of halogens is 1. The monoisotopic (exact) mass is 254 g/mol. The Kier molecular flexibility index (Phi) is 2.95. The van der Waals surface area contributed by atoms with E-state index in [4.69, 9.17) is 11.6 Å². The molecule has 0 unspecified atom stereocenters. The topological polar surface area (TPSA) is 66.9 Å². The molecule has 6 heteroatoms. The van der Waals surface area contributed by atoms with Crippen molar-refractivity contribution < 1.29 is 4.79 Å². The highest BCUT2D eigenvalue weighted by molar-refractivity contribution is 6.31. The first-order valence-electron chi connectivity index (χ1n) is 5.49. The molecule has 1 aromatic heterocycles. The molecule has 0 spiro atoms. The summed E-state index contributed by atoms with van der Waals surface area (Å²) in [5.41, 5.74) is 6.67. The van der Waals surface area contributed by atoms with Crippen molar-refractivity contribution in [1.29, 1.82) is 0 Å². The Balaban J connectivity index is 2.04. The van der Waals surface area contributed by atoms with Crippen molar-refractivity contribution in [1.82, 2.24) is 15.4 Å². The number of rotatable bonds is 3. The van der Waals surface area contributed by atoms with Crippen LogP contribution in [0, 0.1) is 19.3 Å². The van der Waals surface area contributed by atoms with E-state index >= 15 is 0 Å². The minimum atomic E-state index is -0.230. The van der Waals surface area contributed by atoms with Gasteiger partial charge in [0.15, 0.2) is 11.0 Å². The summed E-state index contributed by atoms with van der Waals surface area (Å²) in [4.78, 5) is 20.0. The number of hydrogen-bond donors (Lipinski definition) is 2. The van der Waals surface area contributed by atoms with Crippen LogP contribution >= 0.6 is 11.6 Å². The van der Waals surface area contributed by atoms with Crippen LogP contribution in [0.2, 0.25) is 5.15 Å². The van der Waals surface area contributed by atoms with E-state index in [1.165, 1.54) is 0 Å². The van der Waals surface area contributed by atoms with Crippen molar-refractivity contribution in [3.05, 3.63) is 16.5 Å². The number of aryl methyl sites for hydroxylation is 2. The highest BCUT2D eigenvalue weighted by Gasteiger charge is 2.44. The van der Waals surface area contributed by atoms with E-state index in [9.17, 15) is 4.79 Å². The first kappa shape index (κ1) is 12.1. The molecular formula is C11H15ClN4O. The van der Waals surface area contributed by atoms with Gasteiger partial charge in [0.25, 0.3) is 0 Å². The molecule has 5 nitrogen and oxygen atoms in total. The Morgan fingerprint density at radius 3 is 2.47 bits per heavy atom. The molecule has 0 radical (unpaired) electrons. The molecule has 0 saturated heterocycles. The number of aromatic nitrogens is 2. The molecule has 92 valence electrons. The van der Waals surface area contributed by atoms with E-state index in [0.29, 0.717) is 5.82 Å². The average Bonchev–Trinajstić information content (AvgIpc) is 3.01. The maximum absolute atomic E-state index is 11.7. The maximum atomic E-state index is 11.7. The fraction of sp³-hybridized carbons (Fsp3) is 0.545. The van der Waals surface area contributed by atoms with E-state index < -0.39 is 0 Å². The van der Waals surface area contributed by atoms with Crippen LogP contribution in [-0.2, 0) is 4.79 Å². The second-order valence-electron chi connectivity index (χ2n) is 4.67. The van der Waals surface area contributed by atoms with Crippen LogP contribution in [-0.4, -0.2) is 15.9 Å². The third kappa shape index (κ3) is 2.49. The molecule has 0 aromatic carbocycles. The number of amides is 1. The van der Waals surface area contributed by atoms with Crippen molar-refractivity contribution in [2.75, 3.05) is 5.43 Å². The zero-order chi connectivity index (χ0) is 12.6. The number of hydrogen-bond acceptors (Lipinski definition) is 4. The first-order valence-corrected chi connectivity index (χ1v) is 5.87. The second kappa shape index (κ2) is 4.14. The molecule has 2 N–H and O–H groups in total. The number of carbonyl (C=O) groups excluding carboxylic acids is 1. The molecule has 0 atom stereocenters. The predicted molar refractivity (Wildman–Crippen MR) is 65.6 cm³/mol. The van der Waals surface area contributed by atoms with Crippen molar-refractivity contribution in [2.24, 2.45) is 5.41 Å². The van der Waals surface area contributed by atoms with Gasteiger partial charge in [-0.25, -0.2) is 9.97 Å². The fourth-order valence-electron chi connectivity index (χ4n) is 1.34. The zero-order valence-corrected chi connectivity index (χ0v) is 10.9. The molecule has 1 aliphatic carbocycles. The minimum absolute atomic E-state index is 0.0337. The van der Waals surface area contributed by atoms with Gasteiger partial charge >= 0.3 is 0 Å². The lowest BCUT2D eigenvalue weighted by atomic mass is 10.1. The van der Waals surface area contributed by atoms with Gasteiger partial charge < -0.3 is 0 Å². The van der Waals surface area contributed by atoms with Gasteiger partial charge in [-0.05, 0) is 26.7 Å². The standard InChI is InChI=1S/C11H15ClN4O/c1-6-7(2)14-9(8(12)13-6)15-16-10(17)11(3)4-5-11/h4-5H2,1-3H3,(H,14,15)(H,16,17). The molecule has 17 heavy (non-hydrogen) atoms. The van der Waals surface area contributed by atoms with Crippen molar-refractivity contribution in [3.63, 3.8) is 0 Å². The van der Waals surface area contributed by atoms with E-state index in [-0.39, 0.29) is 16.5 Å². The van der Waals surface area contributed by atoms with E-state index in [0.717, 1.165) is 24.2 Å². The predicted octanol–water partition coefficient (Wildman–Crippen LogP) is 1.99. The van der Waals surface area contributed by atoms with E-state index in [1.807, 2.05) is 20.8 Å². The molecule has 1 saturated carbocycles. The lowest BCUT2D eigenvalue weighted by Gasteiger charge is -2.13. The summed E-state index contributed by atoms with van der Waals surface area (Å²) in [6.45, 7) is 5.60. The Morgan fingerprint density at radius 2 is 1.88 bits per heavy atom. The summed E-state index contributed by atoms with van der Waals surface area (Å²) < 4.78 is 0.